The van der Waals surface area contributed by atoms with E-state index in [0.717, 1.165) is 12.8 Å². The molecule has 1 aliphatic heterocycles. The molecule has 2 aliphatic rings. The normalized spacial score (nSPS) is 30.2. The average Bonchev–Trinajstić information content (AvgIpc) is 2.97. The molecule has 2 fully saturated rings. The molecule has 1 saturated heterocycles. The maximum atomic E-state index is 12.7. The van der Waals surface area contributed by atoms with Gasteiger partial charge in [-0.1, -0.05) is 5.16 Å². The van der Waals surface area contributed by atoms with Crippen LogP contribution in [-0.2, 0) is 10.0 Å². The molecule has 3 rings (SSSR count). The number of aryl methyl sites for hydroxylation is 2. The van der Waals surface area contributed by atoms with Gasteiger partial charge in [-0.05, 0) is 38.5 Å². The fourth-order valence-corrected chi connectivity index (χ4v) is 5.26. The Kier molecular flexibility index (Phi) is 4.17. The fourth-order valence-electron chi connectivity index (χ4n) is 3.43. The van der Waals surface area contributed by atoms with Crippen molar-refractivity contribution >= 4 is 22.4 Å². The maximum Gasteiger partial charge on any atom is 0.248 e. The number of rotatable bonds is 2. The van der Waals surface area contributed by atoms with Crippen molar-refractivity contribution in [2.75, 3.05) is 13.1 Å². The van der Waals surface area contributed by atoms with E-state index in [1.807, 2.05) is 0 Å². The minimum atomic E-state index is -3.50. The first-order valence-electron chi connectivity index (χ1n) is 6.60. The van der Waals surface area contributed by atoms with Crippen molar-refractivity contribution in [3.8, 4) is 0 Å². The molecule has 1 aromatic rings. The van der Waals surface area contributed by atoms with Gasteiger partial charge in [-0.15, -0.1) is 12.4 Å². The molecular formula is C12H20ClN3O3S. The van der Waals surface area contributed by atoms with Crippen molar-refractivity contribution in [1.82, 2.24) is 9.46 Å². The Balaban J connectivity index is 0.00000147. The van der Waals surface area contributed by atoms with Gasteiger partial charge in [0.15, 0.2) is 5.76 Å². The van der Waals surface area contributed by atoms with Gasteiger partial charge in [0.2, 0.25) is 10.0 Å². The van der Waals surface area contributed by atoms with E-state index in [9.17, 15) is 8.42 Å². The maximum absolute atomic E-state index is 12.7. The molecule has 3 unspecified atom stereocenters. The molecule has 0 bridgehead atoms. The van der Waals surface area contributed by atoms with Gasteiger partial charge in [-0.2, -0.15) is 4.31 Å². The third-order valence-electron chi connectivity index (χ3n) is 4.44. The Morgan fingerprint density at radius 1 is 1.30 bits per heavy atom. The highest BCUT2D eigenvalue weighted by Gasteiger charge is 2.46. The molecule has 20 heavy (non-hydrogen) atoms. The molecule has 1 aromatic heterocycles. The lowest BCUT2D eigenvalue weighted by molar-refractivity contribution is 0.389. The smallest absolute Gasteiger partial charge is 0.248 e. The Morgan fingerprint density at radius 3 is 2.55 bits per heavy atom. The minimum Gasteiger partial charge on any atom is -0.360 e. The van der Waals surface area contributed by atoms with Crippen molar-refractivity contribution in [2.24, 2.45) is 17.6 Å². The van der Waals surface area contributed by atoms with Crippen LogP contribution in [0, 0.1) is 25.7 Å². The van der Waals surface area contributed by atoms with Crippen LogP contribution in [0.15, 0.2) is 9.42 Å². The topological polar surface area (TPSA) is 89.4 Å². The molecule has 0 radical (unpaired) electrons. The summed E-state index contributed by atoms with van der Waals surface area (Å²) in [6.45, 7) is 4.39. The summed E-state index contributed by atoms with van der Waals surface area (Å²) in [6.07, 6.45) is 2.04. The number of hydrogen-bond acceptors (Lipinski definition) is 5. The third kappa shape index (κ3) is 2.26. The summed E-state index contributed by atoms with van der Waals surface area (Å²) in [6, 6.07) is 0.134. The molecule has 0 amide bonds. The molecule has 1 aliphatic carbocycles. The minimum absolute atomic E-state index is 0. The lowest BCUT2D eigenvalue weighted by Crippen LogP contribution is -2.33. The quantitative estimate of drug-likeness (QED) is 0.880. The number of fused-ring (bicyclic) bond motifs is 1. The van der Waals surface area contributed by atoms with E-state index in [4.69, 9.17) is 10.3 Å². The fraction of sp³-hybridized carbons (Fsp3) is 0.750. The number of nitrogens with two attached hydrogens (primary N) is 1. The molecule has 3 atom stereocenters. The van der Waals surface area contributed by atoms with Crippen LogP contribution in [0.3, 0.4) is 0 Å². The van der Waals surface area contributed by atoms with Crippen LogP contribution in [0.4, 0.5) is 0 Å². The predicted molar refractivity (Wildman–Crippen MR) is 76.2 cm³/mol. The standard InChI is InChI=1S/C12H19N3O3S.ClH/c1-7-12(8(2)18-14-7)19(16,17)15-5-9-3-4-11(13)10(9)6-15;/h9-11H,3-6,13H2,1-2H3;1H. The molecule has 2 N–H and O–H groups in total. The van der Waals surface area contributed by atoms with E-state index < -0.39 is 10.0 Å². The SMILES string of the molecule is Cc1noc(C)c1S(=O)(=O)N1CC2CCC(N)C2C1.Cl. The summed E-state index contributed by atoms with van der Waals surface area (Å²) < 4.78 is 31.8. The molecule has 8 heteroatoms. The number of nitrogens with zero attached hydrogens (tertiary/aromatic N) is 2. The Labute approximate surface area is 125 Å². The van der Waals surface area contributed by atoms with Crippen LogP contribution in [0.25, 0.3) is 0 Å². The first kappa shape index (κ1) is 15.8. The highest BCUT2D eigenvalue weighted by atomic mass is 35.5. The van der Waals surface area contributed by atoms with E-state index >= 15 is 0 Å². The lowest BCUT2D eigenvalue weighted by atomic mass is 9.98. The summed E-state index contributed by atoms with van der Waals surface area (Å²) in [7, 11) is -3.50. The number of halogens is 1. The van der Waals surface area contributed by atoms with Crippen molar-refractivity contribution in [2.45, 2.75) is 37.6 Å². The number of hydrogen-bond donors (Lipinski definition) is 1. The molecule has 1 saturated carbocycles. The summed E-state index contributed by atoms with van der Waals surface area (Å²) >= 11 is 0. The van der Waals surface area contributed by atoms with Crippen LogP contribution in [0.5, 0.6) is 0 Å². The van der Waals surface area contributed by atoms with Crippen molar-refractivity contribution in [3.05, 3.63) is 11.5 Å². The first-order valence-corrected chi connectivity index (χ1v) is 8.04. The molecule has 0 aromatic carbocycles. The van der Waals surface area contributed by atoms with Crippen molar-refractivity contribution in [3.63, 3.8) is 0 Å². The van der Waals surface area contributed by atoms with Gasteiger partial charge in [0.25, 0.3) is 0 Å². The zero-order valence-electron chi connectivity index (χ0n) is 11.6. The average molecular weight is 322 g/mol. The number of aromatic nitrogens is 1. The summed E-state index contributed by atoms with van der Waals surface area (Å²) in [4.78, 5) is 0.223. The monoisotopic (exact) mass is 321 g/mol. The zero-order valence-corrected chi connectivity index (χ0v) is 13.2. The van der Waals surface area contributed by atoms with E-state index in [0.29, 0.717) is 36.4 Å². The van der Waals surface area contributed by atoms with Crippen LogP contribution >= 0.6 is 12.4 Å². The molecule has 2 heterocycles. The molecule has 6 nitrogen and oxygen atoms in total. The van der Waals surface area contributed by atoms with Crippen LogP contribution in [-0.4, -0.2) is 37.0 Å². The van der Waals surface area contributed by atoms with Gasteiger partial charge in [-0.3, -0.25) is 0 Å². The van der Waals surface area contributed by atoms with Gasteiger partial charge >= 0.3 is 0 Å². The van der Waals surface area contributed by atoms with Crippen LogP contribution < -0.4 is 5.73 Å². The Hall–Kier alpha value is -0.630. The second-order valence-electron chi connectivity index (χ2n) is 5.64. The van der Waals surface area contributed by atoms with Gasteiger partial charge in [0.1, 0.15) is 10.6 Å². The second-order valence-corrected chi connectivity index (χ2v) is 7.52. The lowest BCUT2D eigenvalue weighted by Gasteiger charge is -2.18. The predicted octanol–water partition coefficient (Wildman–Crippen LogP) is 1.07. The Bertz CT molecular complexity index is 582. The van der Waals surface area contributed by atoms with Crippen LogP contribution in [0.1, 0.15) is 24.3 Å². The van der Waals surface area contributed by atoms with E-state index in [2.05, 4.69) is 5.16 Å². The van der Waals surface area contributed by atoms with E-state index in [1.165, 1.54) is 0 Å². The van der Waals surface area contributed by atoms with Gasteiger partial charge in [0.05, 0.1) is 0 Å². The van der Waals surface area contributed by atoms with Crippen LogP contribution in [0.2, 0.25) is 0 Å². The van der Waals surface area contributed by atoms with Gasteiger partial charge < -0.3 is 10.3 Å². The van der Waals surface area contributed by atoms with E-state index in [1.54, 1.807) is 18.2 Å². The highest BCUT2D eigenvalue weighted by molar-refractivity contribution is 7.89. The van der Waals surface area contributed by atoms with Crippen molar-refractivity contribution in [1.29, 1.82) is 0 Å². The number of sulfonamides is 1. The summed E-state index contributed by atoms with van der Waals surface area (Å²) in [5, 5.41) is 3.74. The Morgan fingerprint density at radius 2 is 2.00 bits per heavy atom. The first-order chi connectivity index (χ1) is 8.91. The molecule has 114 valence electrons. The van der Waals surface area contributed by atoms with Gasteiger partial charge in [-0.25, -0.2) is 8.42 Å². The highest BCUT2D eigenvalue weighted by Crippen LogP contribution is 2.39. The molecular weight excluding hydrogens is 302 g/mol. The summed E-state index contributed by atoms with van der Waals surface area (Å²) in [5.41, 5.74) is 6.48. The van der Waals surface area contributed by atoms with E-state index in [-0.39, 0.29) is 23.3 Å². The second kappa shape index (κ2) is 5.29. The summed E-state index contributed by atoms with van der Waals surface area (Å²) in [5.74, 6) is 1.07. The van der Waals surface area contributed by atoms with Gasteiger partial charge in [0, 0.05) is 19.1 Å². The largest absolute Gasteiger partial charge is 0.360 e. The molecule has 0 spiro atoms. The zero-order chi connectivity index (χ0) is 13.8. The third-order valence-corrected chi connectivity index (χ3v) is 6.52. The van der Waals surface area contributed by atoms with Crippen molar-refractivity contribution < 1.29 is 12.9 Å².